The van der Waals surface area contributed by atoms with Crippen LogP contribution >= 0.6 is 0 Å². The van der Waals surface area contributed by atoms with Crippen molar-refractivity contribution in [1.29, 1.82) is 0 Å². The van der Waals surface area contributed by atoms with E-state index in [4.69, 9.17) is 9.84 Å². The molecule has 0 radical (unpaired) electrons. The highest BCUT2D eigenvalue weighted by Crippen LogP contribution is 2.30. The van der Waals surface area contributed by atoms with Gasteiger partial charge in [-0.3, -0.25) is 24.5 Å². The summed E-state index contributed by atoms with van der Waals surface area (Å²) in [5, 5.41) is 21.3. The Morgan fingerprint density at radius 3 is 3.05 bits per heavy atom. The Hall–Kier alpha value is -2.30. The van der Waals surface area contributed by atoms with E-state index in [1.807, 2.05) is 0 Å². The van der Waals surface area contributed by atoms with Crippen molar-refractivity contribution in [1.82, 2.24) is 19.5 Å². The lowest BCUT2D eigenvalue weighted by Gasteiger charge is -2.13. The molecule has 1 aliphatic heterocycles. The molecule has 0 aliphatic carbocycles. The molecule has 1 saturated heterocycles. The summed E-state index contributed by atoms with van der Waals surface area (Å²) in [6, 6.07) is 0. The topological polar surface area (TPSA) is 142 Å². The zero-order valence-corrected chi connectivity index (χ0v) is 11.7. The SMILES string of the molecule is CC(=O)Nc1nc2c(ncn2[C@H]2CC(O)[C@@H](CO)O2)c(=O)[nH]1. The number of H-pyrrole nitrogens is 1. The van der Waals surface area contributed by atoms with Crippen molar-refractivity contribution in [2.24, 2.45) is 0 Å². The lowest BCUT2D eigenvalue weighted by Crippen LogP contribution is -2.24. The van der Waals surface area contributed by atoms with Crippen LogP contribution in [0.4, 0.5) is 5.95 Å². The van der Waals surface area contributed by atoms with Crippen LogP contribution in [0.3, 0.4) is 0 Å². The molecule has 0 saturated carbocycles. The molecule has 1 aliphatic rings. The number of aliphatic hydroxyl groups is 2. The van der Waals surface area contributed by atoms with Gasteiger partial charge in [-0.25, -0.2) is 4.98 Å². The van der Waals surface area contributed by atoms with E-state index in [1.165, 1.54) is 17.8 Å². The van der Waals surface area contributed by atoms with Gasteiger partial charge in [0.2, 0.25) is 11.9 Å². The molecule has 10 nitrogen and oxygen atoms in total. The second-order valence-corrected chi connectivity index (χ2v) is 5.03. The molecule has 22 heavy (non-hydrogen) atoms. The fourth-order valence-electron chi connectivity index (χ4n) is 2.41. The Bertz CT molecular complexity index is 769. The van der Waals surface area contributed by atoms with Crippen molar-refractivity contribution in [3.8, 4) is 0 Å². The van der Waals surface area contributed by atoms with Gasteiger partial charge in [0.1, 0.15) is 12.3 Å². The summed E-state index contributed by atoms with van der Waals surface area (Å²) in [6.45, 7) is 0.985. The van der Waals surface area contributed by atoms with Crippen LogP contribution < -0.4 is 10.9 Å². The number of hydrogen-bond acceptors (Lipinski definition) is 7. The molecule has 10 heteroatoms. The Balaban J connectivity index is 2.02. The maximum Gasteiger partial charge on any atom is 0.280 e. The van der Waals surface area contributed by atoms with Gasteiger partial charge in [-0.05, 0) is 0 Å². The number of imidazole rings is 1. The quantitative estimate of drug-likeness (QED) is 0.553. The number of ether oxygens (including phenoxy) is 1. The summed E-state index contributed by atoms with van der Waals surface area (Å²) in [5.41, 5.74) is -0.173. The number of carbonyl (C=O) groups excluding carboxylic acids is 1. The van der Waals surface area contributed by atoms with Crippen LogP contribution in [-0.4, -0.2) is 54.5 Å². The van der Waals surface area contributed by atoms with Crippen molar-refractivity contribution in [2.75, 3.05) is 11.9 Å². The molecule has 4 N–H and O–H groups in total. The number of nitrogens with zero attached hydrogens (tertiary/aromatic N) is 3. The van der Waals surface area contributed by atoms with E-state index in [0.717, 1.165) is 0 Å². The van der Waals surface area contributed by atoms with Gasteiger partial charge in [-0.2, -0.15) is 4.98 Å². The van der Waals surface area contributed by atoms with Crippen molar-refractivity contribution in [3.05, 3.63) is 16.7 Å². The third-order valence-electron chi connectivity index (χ3n) is 3.42. The highest BCUT2D eigenvalue weighted by molar-refractivity contribution is 5.87. The Morgan fingerprint density at radius 2 is 2.41 bits per heavy atom. The largest absolute Gasteiger partial charge is 0.394 e. The molecular weight excluding hydrogens is 294 g/mol. The zero-order valence-electron chi connectivity index (χ0n) is 11.7. The van der Waals surface area contributed by atoms with E-state index in [9.17, 15) is 14.7 Å². The summed E-state index contributed by atoms with van der Waals surface area (Å²) in [5.74, 6) is -0.370. The first-order valence-electron chi connectivity index (χ1n) is 6.68. The monoisotopic (exact) mass is 309 g/mol. The molecule has 0 spiro atoms. The van der Waals surface area contributed by atoms with Gasteiger partial charge >= 0.3 is 0 Å². The molecule has 3 heterocycles. The van der Waals surface area contributed by atoms with Crippen LogP contribution in [0.15, 0.2) is 11.1 Å². The molecule has 1 amide bonds. The third-order valence-corrected chi connectivity index (χ3v) is 3.42. The van der Waals surface area contributed by atoms with Crippen LogP contribution in [0.5, 0.6) is 0 Å². The number of fused-ring (bicyclic) bond motifs is 1. The van der Waals surface area contributed by atoms with Gasteiger partial charge in [0.25, 0.3) is 5.56 Å². The smallest absolute Gasteiger partial charge is 0.280 e. The summed E-state index contributed by atoms with van der Waals surface area (Å²) < 4.78 is 7.01. The summed E-state index contributed by atoms with van der Waals surface area (Å²) >= 11 is 0. The number of amides is 1. The molecule has 1 fully saturated rings. The van der Waals surface area contributed by atoms with Crippen molar-refractivity contribution in [3.63, 3.8) is 0 Å². The van der Waals surface area contributed by atoms with Gasteiger partial charge in [0, 0.05) is 13.3 Å². The van der Waals surface area contributed by atoms with Crippen molar-refractivity contribution in [2.45, 2.75) is 31.8 Å². The number of hydrogen-bond donors (Lipinski definition) is 4. The average Bonchev–Trinajstić information content (AvgIpc) is 3.01. The molecular formula is C12H15N5O5. The minimum absolute atomic E-state index is 0.00371. The average molecular weight is 309 g/mol. The van der Waals surface area contributed by atoms with E-state index in [1.54, 1.807) is 0 Å². The number of aliphatic hydroxyl groups excluding tert-OH is 2. The minimum atomic E-state index is -0.815. The van der Waals surface area contributed by atoms with Crippen molar-refractivity contribution >= 4 is 23.0 Å². The van der Waals surface area contributed by atoms with Gasteiger partial charge in [-0.1, -0.05) is 0 Å². The zero-order chi connectivity index (χ0) is 15.9. The van der Waals surface area contributed by atoms with Crippen LogP contribution in [0.25, 0.3) is 11.2 Å². The molecule has 0 bridgehead atoms. The number of carbonyl (C=O) groups is 1. The Labute approximate surface area is 123 Å². The van der Waals surface area contributed by atoms with Gasteiger partial charge in [0.15, 0.2) is 11.2 Å². The van der Waals surface area contributed by atoms with E-state index in [0.29, 0.717) is 0 Å². The Kier molecular flexibility index (Phi) is 3.64. The van der Waals surface area contributed by atoms with E-state index >= 15 is 0 Å². The fraction of sp³-hybridized carbons (Fsp3) is 0.500. The van der Waals surface area contributed by atoms with Crippen molar-refractivity contribution < 1.29 is 19.7 Å². The molecule has 3 atom stereocenters. The first-order chi connectivity index (χ1) is 10.5. The van der Waals surface area contributed by atoms with Gasteiger partial charge in [-0.15, -0.1) is 0 Å². The van der Waals surface area contributed by atoms with Crippen LogP contribution in [0.1, 0.15) is 19.6 Å². The second-order valence-electron chi connectivity index (χ2n) is 5.03. The lowest BCUT2D eigenvalue weighted by molar-refractivity contribution is -0.114. The van der Waals surface area contributed by atoms with Crippen LogP contribution in [-0.2, 0) is 9.53 Å². The molecule has 118 valence electrons. The molecule has 3 rings (SSSR count). The molecule has 2 aromatic rings. The highest BCUT2D eigenvalue weighted by Gasteiger charge is 2.35. The number of nitrogens with one attached hydrogen (secondary N) is 2. The second kappa shape index (κ2) is 5.48. The summed E-state index contributed by atoms with van der Waals surface area (Å²) in [7, 11) is 0. The maximum atomic E-state index is 11.9. The highest BCUT2D eigenvalue weighted by atomic mass is 16.5. The minimum Gasteiger partial charge on any atom is -0.394 e. The predicted molar refractivity (Wildman–Crippen MR) is 74.1 cm³/mol. The number of anilines is 1. The normalized spacial score (nSPS) is 24.8. The first kappa shape index (κ1) is 14.6. The summed E-state index contributed by atoms with van der Waals surface area (Å²) in [4.78, 5) is 33.6. The standard InChI is InChI=1S/C12H15N5O5/c1-5(19)14-12-15-10-9(11(21)16-12)13-4-17(10)8-2-6(20)7(3-18)22-8/h4,6-8,18,20H,2-3H2,1H3,(H2,14,15,16,19,21)/t6?,7-,8-/m1/s1. The number of aromatic nitrogens is 4. The van der Waals surface area contributed by atoms with Crippen LogP contribution in [0.2, 0.25) is 0 Å². The van der Waals surface area contributed by atoms with E-state index in [2.05, 4.69) is 20.3 Å². The summed E-state index contributed by atoms with van der Waals surface area (Å²) in [6.07, 6.45) is -0.498. The maximum absolute atomic E-state index is 11.9. The van der Waals surface area contributed by atoms with E-state index < -0.39 is 24.0 Å². The first-order valence-corrected chi connectivity index (χ1v) is 6.68. The van der Waals surface area contributed by atoms with Crippen LogP contribution in [0, 0.1) is 0 Å². The van der Waals surface area contributed by atoms with E-state index in [-0.39, 0.29) is 36.0 Å². The van der Waals surface area contributed by atoms with Gasteiger partial charge < -0.3 is 14.9 Å². The lowest BCUT2D eigenvalue weighted by atomic mass is 10.2. The molecule has 2 aromatic heterocycles. The van der Waals surface area contributed by atoms with Gasteiger partial charge in [0.05, 0.1) is 19.0 Å². The number of aromatic amines is 1. The molecule has 0 aromatic carbocycles. The predicted octanol–water partition coefficient (Wildman–Crippen LogP) is -1.28. The fourth-order valence-corrected chi connectivity index (χ4v) is 2.41. The Morgan fingerprint density at radius 1 is 1.64 bits per heavy atom. The third kappa shape index (κ3) is 2.47. The number of rotatable bonds is 3. The molecule has 1 unspecified atom stereocenters.